The van der Waals surface area contributed by atoms with Crippen LogP contribution < -0.4 is 10.1 Å². The Morgan fingerprint density at radius 3 is 2.52 bits per heavy atom. The van der Waals surface area contributed by atoms with Crippen molar-refractivity contribution in [3.63, 3.8) is 0 Å². The normalized spacial score (nSPS) is 12.3. The first-order valence-electron chi connectivity index (χ1n) is 6.54. The van der Waals surface area contributed by atoms with Crippen molar-refractivity contribution in [1.82, 2.24) is 0 Å². The minimum atomic E-state index is -2.83. The quantitative estimate of drug-likeness (QED) is 0.760. The summed E-state index contributed by atoms with van der Waals surface area (Å²) in [4.78, 5) is 0. The summed E-state index contributed by atoms with van der Waals surface area (Å²) < 4.78 is 30.5. The predicted octanol–water partition coefficient (Wildman–Crippen LogP) is 5.53. The summed E-state index contributed by atoms with van der Waals surface area (Å²) >= 11 is 3.45. The molecule has 21 heavy (non-hydrogen) atoms. The molecule has 1 atom stereocenters. The average molecular weight is 356 g/mol. The minimum Gasteiger partial charge on any atom is -0.434 e. The zero-order chi connectivity index (χ0) is 15.4. The van der Waals surface area contributed by atoms with Crippen LogP contribution in [0.15, 0.2) is 46.9 Å². The lowest BCUT2D eigenvalue weighted by Crippen LogP contribution is -2.11. The van der Waals surface area contributed by atoms with Gasteiger partial charge in [0.15, 0.2) is 0 Å². The van der Waals surface area contributed by atoms with Gasteiger partial charge in [-0.25, -0.2) is 0 Å². The molecule has 0 spiro atoms. The first-order chi connectivity index (χ1) is 9.97. The van der Waals surface area contributed by atoms with Crippen LogP contribution in [-0.2, 0) is 0 Å². The number of nitrogens with one attached hydrogen (secondary N) is 1. The molecule has 2 rings (SSSR count). The fourth-order valence-corrected chi connectivity index (χ4v) is 2.35. The van der Waals surface area contributed by atoms with E-state index in [1.54, 1.807) is 24.3 Å². The van der Waals surface area contributed by atoms with Crippen LogP contribution in [0.3, 0.4) is 0 Å². The van der Waals surface area contributed by atoms with Crippen LogP contribution in [0.25, 0.3) is 0 Å². The molecule has 5 heteroatoms. The maximum absolute atomic E-state index is 12.4. The Hall–Kier alpha value is -1.62. The van der Waals surface area contributed by atoms with E-state index in [0.717, 1.165) is 15.7 Å². The number of anilines is 1. The van der Waals surface area contributed by atoms with Gasteiger partial charge in [-0.15, -0.1) is 0 Å². The van der Waals surface area contributed by atoms with E-state index in [1.165, 1.54) is 0 Å². The monoisotopic (exact) mass is 355 g/mol. The molecular formula is C16H16BrF2NO. The first kappa shape index (κ1) is 15.8. The lowest BCUT2D eigenvalue weighted by molar-refractivity contribution is -0.0505. The van der Waals surface area contributed by atoms with Gasteiger partial charge in [-0.2, -0.15) is 8.78 Å². The van der Waals surface area contributed by atoms with Crippen molar-refractivity contribution in [2.45, 2.75) is 26.5 Å². The Balaban J connectivity index is 2.19. The number of hydrogen-bond acceptors (Lipinski definition) is 2. The summed E-state index contributed by atoms with van der Waals surface area (Å²) in [6, 6.07) is 12.5. The molecule has 112 valence electrons. The standard InChI is InChI=1S/C16H16BrF2NO/c1-10-9-12(7-8-14(10)17)20-11(2)13-5-3-4-6-15(13)21-16(18)19/h3-9,11,16,20H,1-2H3. The predicted molar refractivity (Wildman–Crippen MR) is 84.0 cm³/mol. The number of alkyl halides is 2. The molecule has 2 aromatic carbocycles. The lowest BCUT2D eigenvalue weighted by atomic mass is 10.1. The van der Waals surface area contributed by atoms with Gasteiger partial charge in [0.25, 0.3) is 0 Å². The smallest absolute Gasteiger partial charge is 0.387 e. The fourth-order valence-electron chi connectivity index (χ4n) is 2.10. The number of aryl methyl sites for hydroxylation is 1. The van der Waals surface area contributed by atoms with Crippen molar-refractivity contribution in [2.24, 2.45) is 0 Å². The molecule has 0 aromatic heterocycles. The van der Waals surface area contributed by atoms with Crippen LogP contribution >= 0.6 is 15.9 Å². The zero-order valence-corrected chi connectivity index (χ0v) is 13.3. The third kappa shape index (κ3) is 4.17. The second-order valence-electron chi connectivity index (χ2n) is 4.75. The summed E-state index contributed by atoms with van der Waals surface area (Å²) in [5.41, 5.74) is 2.72. The van der Waals surface area contributed by atoms with Crippen molar-refractivity contribution in [2.75, 3.05) is 5.32 Å². The van der Waals surface area contributed by atoms with E-state index < -0.39 is 6.61 Å². The molecule has 2 aromatic rings. The average Bonchev–Trinajstić information content (AvgIpc) is 2.43. The first-order valence-corrected chi connectivity index (χ1v) is 7.33. The van der Waals surface area contributed by atoms with Crippen LogP contribution in [0.5, 0.6) is 5.75 Å². The van der Waals surface area contributed by atoms with Gasteiger partial charge in [-0.3, -0.25) is 0 Å². The minimum absolute atomic E-state index is 0.152. The molecule has 0 fully saturated rings. The molecule has 0 saturated carbocycles. The maximum atomic E-state index is 12.4. The summed E-state index contributed by atoms with van der Waals surface area (Å²) in [5, 5.41) is 3.29. The number of hydrogen-bond donors (Lipinski definition) is 1. The highest BCUT2D eigenvalue weighted by Crippen LogP contribution is 2.29. The van der Waals surface area contributed by atoms with Crippen molar-refractivity contribution >= 4 is 21.6 Å². The van der Waals surface area contributed by atoms with Crippen molar-refractivity contribution in [3.8, 4) is 5.75 Å². The van der Waals surface area contributed by atoms with Crippen LogP contribution in [0.4, 0.5) is 14.5 Å². The van der Waals surface area contributed by atoms with E-state index >= 15 is 0 Å². The molecule has 0 amide bonds. The summed E-state index contributed by atoms with van der Waals surface area (Å²) in [6.45, 7) is 1.08. The number of rotatable bonds is 5. The van der Waals surface area contributed by atoms with Crippen molar-refractivity contribution in [3.05, 3.63) is 58.1 Å². The second-order valence-corrected chi connectivity index (χ2v) is 5.60. The Labute approximate surface area is 131 Å². The Morgan fingerprint density at radius 1 is 1.14 bits per heavy atom. The highest BCUT2D eigenvalue weighted by Gasteiger charge is 2.14. The van der Waals surface area contributed by atoms with Gasteiger partial charge in [-0.1, -0.05) is 34.1 Å². The summed E-state index contributed by atoms with van der Waals surface area (Å²) in [6.07, 6.45) is 0. The molecule has 0 radical (unpaired) electrons. The van der Waals surface area contributed by atoms with E-state index in [2.05, 4.69) is 26.0 Å². The molecule has 0 bridgehead atoms. The SMILES string of the molecule is Cc1cc(NC(C)c2ccccc2OC(F)F)ccc1Br. The summed E-state index contributed by atoms with van der Waals surface area (Å²) in [5.74, 6) is 0.196. The van der Waals surface area contributed by atoms with E-state index in [1.807, 2.05) is 32.0 Å². The van der Waals surface area contributed by atoms with E-state index in [9.17, 15) is 8.78 Å². The topological polar surface area (TPSA) is 21.3 Å². The highest BCUT2D eigenvalue weighted by molar-refractivity contribution is 9.10. The number of benzene rings is 2. The van der Waals surface area contributed by atoms with Gasteiger partial charge in [0, 0.05) is 15.7 Å². The molecule has 2 nitrogen and oxygen atoms in total. The van der Waals surface area contributed by atoms with E-state index in [0.29, 0.717) is 5.56 Å². The molecule has 0 saturated heterocycles. The Bertz CT molecular complexity index is 619. The highest BCUT2D eigenvalue weighted by atomic mass is 79.9. The zero-order valence-electron chi connectivity index (χ0n) is 11.7. The van der Waals surface area contributed by atoms with Gasteiger partial charge >= 0.3 is 6.61 Å². The van der Waals surface area contributed by atoms with Gasteiger partial charge < -0.3 is 10.1 Å². The Morgan fingerprint density at radius 2 is 1.86 bits per heavy atom. The molecule has 0 heterocycles. The van der Waals surface area contributed by atoms with Crippen LogP contribution in [0.2, 0.25) is 0 Å². The lowest BCUT2D eigenvalue weighted by Gasteiger charge is -2.19. The third-order valence-corrected chi connectivity index (χ3v) is 4.03. The largest absolute Gasteiger partial charge is 0.434 e. The number of para-hydroxylation sites is 1. The second kappa shape index (κ2) is 6.89. The third-order valence-electron chi connectivity index (χ3n) is 3.14. The van der Waals surface area contributed by atoms with Crippen molar-refractivity contribution in [1.29, 1.82) is 0 Å². The molecule has 0 aliphatic rings. The number of ether oxygens (including phenoxy) is 1. The molecule has 0 aliphatic carbocycles. The van der Waals surface area contributed by atoms with Gasteiger partial charge in [0.2, 0.25) is 0 Å². The van der Waals surface area contributed by atoms with Crippen molar-refractivity contribution < 1.29 is 13.5 Å². The van der Waals surface area contributed by atoms with E-state index in [-0.39, 0.29) is 11.8 Å². The molecule has 1 unspecified atom stereocenters. The molecular weight excluding hydrogens is 340 g/mol. The molecule has 0 aliphatic heterocycles. The number of halogens is 3. The fraction of sp³-hybridized carbons (Fsp3) is 0.250. The van der Waals surface area contributed by atoms with Gasteiger partial charge in [-0.05, 0) is 43.7 Å². The van der Waals surface area contributed by atoms with E-state index in [4.69, 9.17) is 0 Å². The summed E-state index contributed by atoms with van der Waals surface area (Å²) in [7, 11) is 0. The van der Waals surface area contributed by atoms with Gasteiger partial charge in [0.1, 0.15) is 5.75 Å². The van der Waals surface area contributed by atoms with Crippen LogP contribution in [0.1, 0.15) is 24.1 Å². The van der Waals surface area contributed by atoms with Crippen LogP contribution in [-0.4, -0.2) is 6.61 Å². The Kier molecular flexibility index (Phi) is 5.17. The molecule has 1 N–H and O–H groups in total. The maximum Gasteiger partial charge on any atom is 0.387 e. The van der Waals surface area contributed by atoms with Gasteiger partial charge in [0.05, 0.1) is 6.04 Å². The van der Waals surface area contributed by atoms with Crippen LogP contribution in [0, 0.1) is 6.92 Å².